The van der Waals surface area contributed by atoms with Crippen LogP contribution in [-0.4, -0.2) is 39.4 Å². The Morgan fingerprint density at radius 1 is 1.20 bits per heavy atom. The number of rotatable bonds is 10. The summed E-state index contributed by atoms with van der Waals surface area (Å²) in [6, 6.07) is 6.22. The first-order valence-corrected chi connectivity index (χ1v) is 6.80. The van der Waals surface area contributed by atoms with Gasteiger partial charge in [-0.25, -0.2) is 4.39 Å². The smallest absolute Gasteiger partial charge is 0.220 e. The molecule has 1 N–H and O–H groups in total. The van der Waals surface area contributed by atoms with E-state index in [2.05, 4.69) is 5.32 Å². The van der Waals surface area contributed by atoms with E-state index in [0.29, 0.717) is 39.2 Å². The van der Waals surface area contributed by atoms with Crippen molar-refractivity contribution < 1.29 is 18.7 Å². The highest BCUT2D eigenvalue weighted by Gasteiger charge is 2.02. The monoisotopic (exact) mass is 283 g/mol. The lowest BCUT2D eigenvalue weighted by Gasteiger charge is -2.06. The number of benzene rings is 1. The molecule has 0 saturated carbocycles. The summed E-state index contributed by atoms with van der Waals surface area (Å²) in [5.41, 5.74) is 0.962. The normalized spacial score (nSPS) is 10.5. The molecule has 0 spiro atoms. The Hall–Kier alpha value is -1.46. The fourth-order valence-corrected chi connectivity index (χ4v) is 1.64. The van der Waals surface area contributed by atoms with Crippen molar-refractivity contribution in [2.45, 2.75) is 19.3 Å². The predicted molar refractivity (Wildman–Crippen MR) is 75.0 cm³/mol. The summed E-state index contributed by atoms with van der Waals surface area (Å²) in [5, 5.41) is 2.83. The molecule has 112 valence electrons. The second-order valence-electron chi connectivity index (χ2n) is 4.44. The minimum Gasteiger partial charge on any atom is -0.382 e. The summed E-state index contributed by atoms with van der Waals surface area (Å²) in [6.45, 7) is 2.38. The SMILES string of the molecule is COCCOCCCNC(=O)CCc1ccc(F)cc1. The number of hydrogen-bond acceptors (Lipinski definition) is 3. The number of aryl methyl sites for hydroxylation is 1. The molecule has 0 unspecified atom stereocenters. The Bertz CT molecular complexity index is 381. The Balaban J connectivity index is 2.01. The minimum absolute atomic E-state index is 0.00576. The molecule has 20 heavy (non-hydrogen) atoms. The van der Waals surface area contributed by atoms with Crippen molar-refractivity contribution in [3.05, 3.63) is 35.6 Å². The fraction of sp³-hybridized carbons (Fsp3) is 0.533. The van der Waals surface area contributed by atoms with Gasteiger partial charge in [-0.3, -0.25) is 4.79 Å². The third kappa shape index (κ3) is 7.86. The molecule has 0 atom stereocenters. The quantitative estimate of drug-likeness (QED) is 0.667. The summed E-state index contributed by atoms with van der Waals surface area (Å²) < 4.78 is 22.8. The third-order valence-corrected chi connectivity index (χ3v) is 2.77. The molecule has 1 aromatic rings. The zero-order valence-corrected chi connectivity index (χ0v) is 11.9. The van der Waals surface area contributed by atoms with Crippen molar-refractivity contribution in [3.63, 3.8) is 0 Å². The average Bonchev–Trinajstić information content (AvgIpc) is 2.46. The largest absolute Gasteiger partial charge is 0.382 e. The van der Waals surface area contributed by atoms with Gasteiger partial charge in [0.15, 0.2) is 0 Å². The average molecular weight is 283 g/mol. The standard InChI is InChI=1S/C15H22FNO3/c1-19-11-12-20-10-2-9-17-15(18)8-5-13-3-6-14(16)7-4-13/h3-4,6-7H,2,5,8-12H2,1H3,(H,17,18). The summed E-state index contributed by atoms with van der Waals surface area (Å²) in [5.74, 6) is -0.252. The topological polar surface area (TPSA) is 47.6 Å². The molecule has 5 heteroatoms. The van der Waals surface area contributed by atoms with Gasteiger partial charge >= 0.3 is 0 Å². The maximum atomic E-state index is 12.7. The first kappa shape index (κ1) is 16.6. The van der Waals surface area contributed by atoms with E-state index in [1.54, 1.807) is 19.2 Å². The van der Waals surface area contributed by atoms with Crippen LogP contribution in [0.5, 0.6) is 0 Å². The molecule has 0 aliphatic rings. The van der Waals surface area contributed by atoms with Gasteiger partial charge in [-0.05, 0) is 30.5 Å². The molecule has 4 nitrogen and oxygen atoms in total. The third-order valence-electron chi connectivity index (χ3n) is 2.77. The van der Waals surface area contributed by atoms with E-state index in [-0.39, 0.29) is 11.7 Å². The van der Waals surface area contributed by atoms with Crippen LogP contribution in [0.25, 0.3) is 0 Å². The van der Waals surface area contributed by atoms with E-state index in [1.165, 1.54) is 12.1 Å². The fourth-order valence-electron chi connectivity index (χ4n) is 1.64. The number of hydrogen-bond donors (Lipinski definition) is 1. The van der Waals surface area contributed by atoms with Crippen LogP contribution in [0.4, 0.5) is 4.39 Å². The Kier molecular flexibility index (Phi) is 8.58. The van der Waals surface area contributed by atoms with Crippen LogP contribution in [-0.2, 0) is 20.7 Å². The lowest BCUT2D eigenvalue weighted by atomic mass is 10.1. The van der Waals surface area contributed by atoms with Gasteiger partial charge in [-0.1, -0.05) is 12.1 Å². The van der Waals surface area contributed by atoms with Gasteiger partial charge in [0.1, 0.15) is 5.82 Å². The second kappa shape index (κ2) is 10.3. The summed E-state index contributed by atoms with van der Waals surface area (Å²) >= 11 is 0. The molecule has 0 fully saturated rings. The highest BCUT2D eigenvalue weighted by molar-refractivity contribution is 5.76. The Labute approximate surface area is 119 Å². The molecule has 0 aliphatic heterocycles. The van der Waals surface area contributed by atoms with E-state index >= 15 is 0 Å². The molecular weight excluding hydrogens is 261 g/mol. The number of methoxy groups -OCH3 is 1. The van der Waals surface area contributed by atoms with Gasteiger partial charge in [0.2, 0.25) is 5.91 Å². The maximum Gasteiger partial charge on any atom is 0.220 e. The van der Waals surface area contributed by atoms with Gasteiger partial charge in [0, 0.05) is 26.7 Å². The van der Waals surface area contributed by atoms with E-state index in [0.717, 1.165) is 12.0 Å². The van der Waals surface area contributed by atoms with Crippen LogP contribution >= 0.6 is 0 Å². The van der Waals surface area contributed by atoms with Gasteiger partial charge < -0.3 is 14.8 Å². The van der Waals surface area contributed by atoms with Gasteiger partial charge in [-0.2, -0.15) is 0 Å². The van der Waals surface area contributed by atoms with E-state index < -0.39 is 0 Å². The molecule has 0 saturated heterocycles. The highest BCUT2D eigenvalue weighted by Crippen LogP contribution is 2.05. The maximum absolute atomic E-state index is 12.7. The van der Waals surface area contributed by atoms with Gasteiger partial charge in [0.05, 0.1) is 13.2 Å². The highest BCUT2D eigenvalue weighted by atomic mass is 19.1. The summed E-state index contributed by atoms with van der Waals surface area (Å²) in [6.07, 6.45) is 1.82. The number of amides is 1. The van der Waals surface area contributed by atoms with Crippen molar-refractivity contribution in [1.29, 1.82) is 0 Å². The lowest BCUT2D eigenvalue weighted by molar-refractivity contribution is -0.121. The van der Waals surface area contributed by atoms with E-state index in [9.17, 15) is 9.18 Å². The van der Waals surface area contributed by atoms with Crippen molar-refractivity contribution in [3.8, 4) is 0 Å². The molecule has 0 bridgehead atoms. The van der Waals surface area contributed by atoms with Crippen LogP contribution in [0.2, 0.25) is 0 Å². The number of ether oxygens (including phenoxy) is 2. The Morgan fingerprint density at radius 2 is 1.95 bits per heavy atom. The predicted octanol–water partition coefficient (Wildman–Crippen LogP) is 1.93. The van der Waals surface area contributed by atoms with Crippen LogP contribution < -0.4 is 5.32 Å². The number of halogens is 1. The molecule has 0 aromatic heterocycles. The van der Waals surface area contributed by atoms with Crippen LogP contribution in [0.15, 0.2) is 24.3 Å². The van der Waals surface area contributed by atoms with Crippen LogP contribution in [0, 0.1) is 5.82 Å². The molecule has 1 aromatic carbocycles. The first-order chi connectivity index (χ1) is 9.72. The Morgan fingerprint density at radius 3 is 2.65 bits per heavy atom. The van der Waals surface area contributed by atoms with Crippen molar-refractivity contribution in [2.75, 3.05) is 33.5 Å². The van der Waals surface area contributed by atoms with Gasteiger partial charge in [-0.15, -0.1) is 0 Å². The number of carbonyl (C=O) groups is 1. The molecule has 1 rings (SSSR count). The zero-order valence-electron chi connectivity index (χ0n) is 11.9. The summed E-state index contributed by atoms with van der Waals surface area (Å²) in [4.78, 5) is 11.6. The zero-order chi connectivity index (χ0) is 14.6. The molecule has 0 radical (unpaired) electrons. The minimum atomic E-state index is -0.258. The van der Waals surface area contributed by atoms with Crippen molar-refractivity contribution in [1.82, 2.24) is 5.32 Å². The van der Waals surface area contributed by atoms with Crippen molar-refractivity contribution in [2.24, 2.45) is 0 Å². The van der Waals surface area contributed by atoms with E-state index in [1.807, 2.05) is 0 Å². The first-order valence-electron chi connectivity index (χ1n) is 6.80. The van der Waals surface area contributed by atoms with Crippen LogP contribution in [0.3, 0.4) is 0 Å². The summed E-state index contributed by atoms with van der Waals surface area (Å²) in [7, 11) is 1.63. The molecule has 0 aliphatic carbocycles. The van der Waals surface area contributed by atoms with Crippen LogP contribution in [0.1, 0.15) is 18.4 Å². The lowest BCUT2D eigenvalue weighted by Crippen LogP contribution is -2.25. The number of nitrogens with one attached hydrogen (secondary N) is 1. The molecule has 1 amide bonds. The molecular formula is C15H22FNO3. The van der Waals surface area contributed by atoms with E-state index in [4.69, 9.17) is 9.47 Å². The number of carbonyl (C=O) groups excluding carboxylic acids is 1. The van der Waals surface area contributed by atoms with Crippen molar-refractivity contribution >= 4 is 5.91 Å². The van der Waals surface area contributed by atoms with Gasteiger partial charge in [0.25, 0.3) is 0 Å². The molecule has 0 heterocycles. The second-order valence-corrected chi connectivity index (χ2v) is 4.44.